The van der Waals surface area contributed by atoms with Crippen molar-refractivity contribution in [3.8, 4) is 5.75 Å². The van der Waals surface area contributed by atoms with E-state index in [-0.39, 0.29) is 22.7 Å². The number of benzene rings is 2. The predicted octanol–water partition coefficient (Wildman–Crippen LogP) is 3.71. The molecular formula is C16H12BrFN2O5. The number of nitro groups is 1. The number of carbonyl (C=O) groups excluding carboxylic acids is 2. The molecule has 0 saturated carbocycles. The summed E-state index contributed by atoms with van der Waals surface area (Å²) in [6.07, 6.45) is -0.676. The number of nitro benzene ring substituents is 1. The largest absolute Gasteiger partial charge is 0.480 e. The number of halogens is 2. The standard InChI is InChI=1S/C16H12BrFN2O5/c1-9(16(22)19-14-4-2-11(17)7-13(14)18)25-15-5-3-12(20(23)24)6-10(15)8-21/h2-9H,1H3,(H,19,22)/t9-/m0/s1. The highest BCUT2D eigenvalue weighted by molar-refractivity contribution is 9.10. The third-order valence-corrected chi connectivity index (χ3v) is 3.69. The highest BCUT2D eigenvalue weighted by atomic mass is 79.9. The van der Waals surface area contributed by atoms with E-state index < -0.39 is 22.8 Å². The van der Waals surface area contributed by atoms with Gasteiger partial charge in [-0.1, -0.05) is 15.9 Å². The van der Waals surface area contributed by atoms with Gasteiger partial charge in [-0.25, -0.2) is 4.39 Å². The molecule has 0 saturated heterocycles. The van der Waals surface area contributed by atoms with Crippen molar-refractivity contribution in [3.05, 3.63) is 62.4 Å². The van der Waals surface area contributed by atoms with Gasteiger partial charge in [0.25, 0.3) is 11.6 Å². The van der Waals surface area contributed by atoms with E-state index in [4.69, 9.17) is 4.74 Å². The summed E-state index contributed by atoms with van der Waals surface area (Å²) in [5.41, 5.74) is -0.366. The molecule has 0 unspecified atom stereocenters. The summed E-state index contributed by atoms with van der Waals surface area (Å²) in [6, 6.07) is 7.56. The molecule has 0 aliphatic carbocycles. The number of aldehydes is 1. The zero-order valence-corrected chi connectivity index (χ0v) is 14.4. The van der Waals surface area contributed by atoms with Crippen LogP contribution in [0.4, 0.5) is 15.8 Å². The highest BCUT2D eigenvalue weighted by Gasteiger charge is 2.19. The second-order valence-electron chi connectivity index (χ2n) is 4.97. The lowest BCUT2D eigenvalue weighted by atomic mass is 10.2. The summed E-state index contributed by atoms with van der Waals surface area (Å²) < 4.78 is 19.6. The molecule has 0 bridgehead atoms. The number of hydrogen-bond donors (Lipinski definition) is 1. The average Bonchev–Trinajstić information content (AvgIpc) is 2.57. The van der Waals surface area contributed by atoms with Gasteiger partial charge in [-0.15, -0.1) is 0 Å². The van der Waals surface area contributed by atoms with Crippen LogP contribution in [0.3, 0.4) is 0 Å². The van der Waals surface area contributed by atoms with E-state index in [1.54, 1.807) is 6.07 Å². The van der Waals surface area contributed by atoms with Crippen LogP contribution in [0.25, 0.3) is 0 Å². The lowest BCUT2D eigenvalue weighted by Gasteiger charge is -2.16. The Labute approximate surface area is 150 Å². The summed E-state index contributed by atoms with van der Waals surface area (Å²) in [6.45, 7) is 1.40. The molecule has 0 fully saturated rings. The molecule has 0 heterocycles. The minimum absolute atomic E-state index is 0.0135. The van der Waals surface area contributed by atoms with Crippen LogP contribution in [-0.2, 0) is 4.79 Å². The number of ether oxygens (including phenoxy) is 1. The Balaban J connectivity index is 2.13. The fraction of sp³-hybridized carbons (Fsp3) is 0.125. The zero-order chi connectivity index (χ0) is 18.6. The fourth-order valence-electron chi connectivity index (χ4n) is 1.92. The van der Waals surface area contributed by atoms with E-state index in [1.807, 2.05) is 0 Å². The minimum Gasteiger partial charge on any atom is -0.480 e. The first-order valence-electron chi connectivity index (χ1n) is 6.98. The normalized spacial score (nSPS) is 11.5. The van der Waals surface area contributed by atoms with E-state index in [0.29, 0.717) is 10.8 Å². The molecule has 1 amide bonds. The van der Waals surface area contributed by atoms with Crippen LogP contribution in [0, 0.1) is 15.9 Å². The monoisotopic (exact) mass is 410 g/mol. The van der Waals surface area contributed by atoms with Gasteiger partial charge in [0.2, 0.25) is 0 Å². The van der Waals surface area contributed by atoms with Crippen molar-refractivity contribution in [1.29, 1.82) is 0 Å². The molecule has 0 aliphatic heterocycles. The third-order valence-electron chi connectivity index (χ3n) is 3.19. The quantitative estimate of drug-likeness (QED) is 0.444. The Morgan fingerprint density at radius 2 is 2.08 bits per heavy atom. The summed E-state index contributed by atoms with van der Waals surface area (Å²) in [7, 11) is 0. The van der Waals surface area contributed by atoms with E-state index in [0.717, 1.165) is 12.1 Å². The fourth-order valence-corrected chi connectivity index (χ4v) is 2.25. The molecule has 0 aromatic heterocycles. The van der Waals surface area contributed by atoms with Crippen molar-refractivity contribution in [2.45, 2.75) is 13.0 Å². The van der Waals surface area contributed by atoms with E-state index in [9.17, 15) is 24.1 Å². The van der Waals surface area contributed by atoms with E-state index in [1.165, 1.54) is 25.1 Å². The molecular weight excluding hydrogens is 399 g/mol. The molecule has 0 radical (unpaired) electrons. The molecule has 2 aromatic carbocycles. The number of hydrogen-bond acceptors (Lipinski definition) is 5. The van der Waals surface area contributed by atoms with Gasteiger partial charge in [0.15, 0.2) is 12.4 Å². The van der Waals surface area contributed by atoms with Gasteiger partial charge in [0.05, 0.1) is 16.2 Å². The number of anilines is 1. The number of amides is 1. The number of carbonyl (C=O) groups is 2. The van der Waals surface area contributed by atoms with Crippen molar-refractivity contribution in [2.24, 2.45) is 0 Å². The van der Waals surface area contributed by atoms with Crippen LogP contribution in [0.15, 0.2) is 40.9 Å². The van der Waals surface area contributed by atoms with Crippen LogP contribution >= 0.6 is 15.9 Å². The molecule has 9 heteroatoms. The molecule has 2 aromatic rings. The maximum atomic E-state index is 13.7. The van der Waals surface area contributed by atoms with Crippen molar-refractivity contribution in [3.63, 3.8) is 0 Å². The summed E-state index contributed by atoms with van der Waals surface area (Å²) in [5, 5.41) is 13.1. The van der Waals surface area contributed by atoms with Crippen LogP contribution in [0.1, 0.15) is 17.3 Å². The van der Waals surface area contributed by atoms with Gasteiger partial charge < -0.3 is 10.1 Å². The second kappa shape index (κ2) is 7.84. The van der Waals surface area contributed by atoms with E-state index in [2.05, 4.69) is 21.2 Å². The predicted molar refractivity (Wildman–Crippen MR) is 91.3 cm³/mol. The summed E-state index contributed by atoms with van der Waals surface area (Å²) >= 11 is 3.11. The Bertz CT molecular complexity index is 843. The summed E-state index contributed by atoms with van der Waals surface area (Å²) in [5.74, 6) is -1.25. The van der Waals surface area contributed by atoms with Gasteiger partial charge in [-0.3, -0.25) is 19.7 Å². The van der Waals surface area contributed by atoms with Gasteiger partial charge in [-0.05, 0) is 31.2 Å². The molecule has 1 N–H and O–H groups in total. The lowest BCUT2D eigenvalue weighted by molar-refractivity contribution is -0.384. The Morgan fingerprint density at radius 3 is 2.68 bits per heavy atom. The number of nitrogens with zero attached hydrogens (tertiary/aromatic N) is 1. The Morgan fingerprint density at radius 1 is 1.36 bits per heavy atom. The first kappa shape index (κ1) is 18.5. The van der Waals surface area contributed by atoms with Crippen LogP contribution in [-0.4, -0.2) is 23.2 Å². The highest BCUT2D eigenvalue weighted by Crippen LogP contribution is 2.24. The van der Waals surface area contributed by atoms with Crippen LogP contribution in [0.2, 0.25) is 0 Å². The Hall–Kier alpha value is -2.81. The second-order valence-corrected chi connectivity index (χ2v) is 5.89. The lowest BCUT2D eigenvalue weighted by Crippen LogP contribution is -2.30. The Kier molecular flexibility index (Phi) is 5.81. The number of non-ortho nitro benzene ring substituents is 1. The zero-order valence-electron chi connectivity index (χ0n) is 12.9. The molecule has 0 aliphatic rings. The average molecular weight is 411 g/mol. The third kappa shape index (κ3) is 4.60. The smallest absolute Gasteiger partial charge is 0.270 e. The van der Waals surface area contributed by atoms with Crippen molar-refractivity contribution < 1.29 is 23.6 Å². The number of rotatable bonds is 6. The maximum Gasteiger partial charge on any atom is 0.270 e. The first-order chi connectivity index (χ1) is 11.8. The van der Waals surface area contributed by atoms with Crippen molar-refractivity contribution >= 4 is 39.5 Å². The topological polar surface area (TPSA) is 98.5 Å². The van der Waals surface area contributed by atoms with Gasteiger partial charge >= 0.3 is 0 Å². The van der Waals surface area contributed by atoms with Gasteiger partial charge in [0, 0.05) is 16.6 Å². The maximum absolute atomic E-state index is 13.7. The minimum atomic E-state index is -1.07. The van der Waals surface area contributed by atoms with Crippen LogP contribution in [0.5, 0.6) is 5.75 Å². The van der Waals surface area contributed by atoms with Gasteiger partial charge in [-0.2, -0.15) is 0 Å². The first-order valence-corrected chi connectivity index (χ1v) is 7.77. The molecule has 0 spiro atoms. The molecule has 1 atom stereocenters. The van der Waals surface area contributed by atoms with Crippen molar-refractivity contribution in [2.75, 3.05) is 5.32 Å². The van der Waals surface area contributed by atoms with Crippen LogP contribution < -0.4 is 10.1 Å². The molecule has 130 valence electrons. The molecule has 25 heavy (non-hydrogen) atoms. The SMILES string of the molecule is C[C@H](Oc1ccc([N+](=O)[O-])cc1C=O)C(=O)Nc1ccc(Br)cc1F. The van der Waals surface area contributed by atoms with Gasteiger partial charge in [0.1, 0.15) is 11.6 Å². The van der Waals surface area contributed by atoms with Crippen molar-refractivity contribution in [1.82, 2.24) is 0 Å². The number of nitrogens with one attached hydrogen (secondary N) is 1. The summed E-state index contributed by atoms with van der Waals surface area (Å²) in [4.78, 5) is 33.2. The van der Waals surface area contributed by atoms with E-state index >= 15 is 0 Å². The molecule has 7 nitrogen and oxygen atoms in total. The molecule has 2 rings (SSSR count).